The summed E-state index contributed by atoms with van der Waals surface area (Å²) in [5.74, 6) is -1.80. The molecule has 2 N–H and O–H groups in total. The van der Waals surface area contributed by atoms with Gasteiger partial charge in [0, 0.05) is 30.9 Å². The van der Waals surface area contributed by atoms with Crippen LogP contribution in [-0.2, 0) is 23.9 Å². The SMILES string of the molecule is CC(=O)Oc1ccc(C(=O)SCC2=C(C(=O)OC(C)(C)C)N3C(=O)[C@@H](N)[C@H]3SC2)cc1OC(C)=O. The Morgan fingerprint density at radius 2 is 1.74 bits per heavy atom. The molecular weight excluding hydrogens is 496 g/mol. The number of β-lactam (4-membered cyclic amide) rings is 1. The van der Waals surface area contributed by atoms with E-state index in [0.717, 1.165) is 11.8 Å². The smallest absolute Gasteiger partial charge is 0.355 e. The molecule has 2 aliphatic rings. The van der Waals surface area contributed by atoms with Crippen LogP contribution in [0.15, 0.2) is 29.5 Å². The van der Waals surface area contributed by atoms with Gasteiger partial charge in [-0.25, -0.2) is 4.79 Å². The molecule has 0 bridgehead atoms. The lowest BCUT2D eigenvalue weighted by Gasteiger charge is -2.48. The van der Waals surface area contributed by atoms with Crippen molar-refractivity contribution in [3.05, 3.63) is 35.0 Å². The van der Waals surface area contributed by atoms with Gasteiger partial charge in [-0.1, -0.05) is 11.8 Å². The van der Waals surface area contributed by atoms with E-state index in [1.807, 2.05) is 0 Å². The third kappa shape index (κ3) is 6.24. The Hall–Kier alpha value is -2.83. The molecule has 1 amide bonds. The number of nitrogens with zero attached hydrogens (tertiary/aromatic N) is 1. The molecule has 0 saturated carbocycles. The van der Waals surface area contributed by atoms with E-state index in [2.05, 4.69) is 0 Å². The van der Waals surface area contributed by atoms with Crippen LogP contribution in [0.2, 0.25) is 0 Å². The zero-order valence-electron chi connectivity index (χ0n) is 19.9. The predicted octanol–water partition coefficient (Wildman–Crippen LogP) is 2.25. The van der Waals surface area contributed by atoms with Crippen molar-refractivity contribution >= 4 is 52.5 Å². The molecule has 12 heteroatoms. The van der Waals surface area contributed by atoms with Gasteiger partial charge in [0.05, 0.1) is 0 Å². The zero-order valence-corrected chi connectivity index (χ0v) is 21.5. The van der Waals surface area contributed by atoms with E-state index in [9.17, 15) is 24.0 Å². The number of thioether (sulfide) groups is 2. The average Bonchev–Trinajstić information content (AvgIpc) is 2.75. The number of hydrogen-bond donors (Lipinski definition) is 1. The Morgan fingerprint density at radius 1 is 1.11 bits per heavy atom. The van der Waals surface area contributed by atoms with Crippen LogP contribution in [0.5, 0.6) is 11.5 Å². The van der Waals surface area contributed by atoms with Crippen molar-refractivity contribution in [3.8, 4) is 11.5 Å². The Kier molecular flexibility index (Phi) is 7.97. The molecule has 0 unspecified atom stereocenters. The van der Waals surface area contributed by atoms with Crippen molar-refractivity contribution in [2.45, 2.75) is 51.6 Å². The van der Waals surface area contributed by atoms with Crippen molar-refractivity contribution in [2.24, 2.45) is 5.73 Å². The first kappa shape index (κ1) is 26.8. The van der Waals surface area contributed by atoms with Crippen LogP contribution < -0.4 is 15.2 Å². The van der Waals surface area contributed by atoms with Gasteiger partial charge in [0.1, 0.15) is 22.7 Å². The number of carbonyl (C=O) groups excluding carboxylic acids is 5. The lowest BCUT2D eigenvalue weighted by Crippen LogP contribution is -2.68. The molecule has 2 atom stereocenters. The fourth-order valence-electron chi connectivity index (χ4n) is 3.35. The van der Waals surface area contributed by atoms with E-state index in [-0.39, 0.29) is 44.9 Å². The van der Waals surface area contributed by atoms with Gasteiger partial charge in [0.2, 0.25) is 11.0 Å². The second-order valence-corrected chi connectivity index (χ2v) is 10.9. The quantitative estimate of drug-likeness (QED) is 0.334. The van der Waals surface area contributed by atoms with E-state index in [1.165, 1.54) is 48.7 Å². The number of nitrogens with two attached hydrogens (primary N) is 1. The second kappa shape index (κ2) is 10.4. The summed E-state index contributed by atoms with van der Waals surface area (Å²) in [6, 6.07) is 3.42. The number of benzene rings is 1. The van der Waals surface area contributed by atoms with Crippen LogP contribution in [0, 0.1) is 0 Å². The molecule has 1 saturated heterocycles. The average molecular weight is 523 g/mol. The number of hydrogen-bond acceptors (Lipinski definition) is 11. The summed E-state index contributed by atoms with van der Waals surface area (Å²) in [5.41, 5.74) is 6.02. The van der Waals surface area contributed by atoms with Crippen LogP contribution >= 0.6 is 23.5 Å². The zero-order chi connectivity index (χ0) is 26.1. The lowest BCUT2D eigenvalue weighted by molar-refractivity contribution is -0.158. The van der Waals surface area contributed by atoms with E-state index >= 15 is 0 Å². The molecule has 35 heavy (non-hydrogen) atoms. The second-order valence-electron chi connectivity index (χ2n) is 8.81. The molecule has 1 fully saturated rings. The van der Waals surface area contributed by atoms with Crippen molar-refractivity contribution in [2.75, 3.05) is 11.5 Å². The fourth-order valence-corrected chi connectivity index (χ4v) is 5.61. The number of fused-ring (bicyclic) bond motifs is 1. The highest BCUT2D eigenvalue weighted by Crippen LogP contribution is 2.41. The Labute approximate surface area is 210 Å². The highest BCUT2D eigenvalue weighted by atomic mass is 32.2. The van der Waals surface area contributed by atoms with Gasteiger partial charge in [-0.05, 0) is 44.5 Å². The summed E-state index contributed by atoms with van der Waals surface area (Å²) >= 11 is 2.34. The van der Waals surface area contributed by atoms with Gasteiger partial charge in [-0.3, -0.25) is 24.1 Å². The molecule has 0 aromatic heterocycles. The highest BCUT2D eigenvalue weighted by molar-refractivity contribution is 8.14. The minimum absolute atomic E-state index is 0.00604. The topological polar surface area (TPSA) is 142 Å². The summed E-state index contributed by atoms with van der Waals surface area (Å²) in [6.07, 6.45) is 0. The van der Waals surface area contributed by atoms with Gasteiger partial charge in [-0.2, -0.15) is 0 Å². The lowest BCUT2D eigenvalue weighted by atomic mass is 10.0. The first-order valence-corrected chi connectivity index (χ1v) is 12.7. The van der Waals surface area contributed by atoms with E-state index in [1.54, 1.807) is 20.8 Å². The third-order valence-corrected chi connectivity index (χ3v) is 7.10. The maximum atomic E-state index is 12.9. The Balaban J connectivity index is 1.83. The maximum absolute atomic E-state index is 12.9. The number of esters is 3. The van der Waals surface area contributed by atoms with Crippen LogP contribution in [0.3, 0.4) is 0 Å². The summed E-state index contributed by atoms with van der Waals surface area (Å²) in [6.45, 7) is 7.56. The van der Waals surface area contributed by atoms with Crippen molar-refractivity contribution in [3.63, 3.8) is 0 Å². The number of rotatable bonds is 6. The Morgan fingerprint density at radius 3 is 2.34 bits per heavy atom. The van der Waals surface area contributed by atoms with Crippen molar-refractivity contribution in [1.29, 1.82) is 0 Å². The molecule has 188 valence electrons. The van der Waals surface area contributed by atoms with Gasteiger partial charge < -0.3 is 19.9 Å². The number of amides is 1. The van der Waals surface area contributed by atoms with E-state index in [0.29, 0.717) is 11.3 Å². The maximum Gasteiger partial charge on any atom is 0.355 e. The predicted molar refractivity (Wildman–Crippen MR) is 130 cm³/mol. The molecular formula is C23H26N2O8S2. The number of ether oxygens (including phenoxy) is 3. The molecule has 1 aromatic carbocycles. The molecule has 3 rings (SSSR count). The number of carbonyl (C=O) groups is 5. The molecule has 2 aliphatic heterocycles. The van der Waals surface area contributed by atoms with Crippen LogP contribution in [0.1, 0.15) is 45.0 Å². The van der Waals surface area contributed by atoms with Gasteiger partial charge in [-0.15, -0.1) is 11.8 Å². The van der Waals surface area contributed by atoms with Crippen molar-refractivity contribution < 1.29 is 38.2 Å². The first-order chi connectivity index (χ1) is 16.3. The van der Waals surface area contributed by atoms with E-state index < -0.39 is 29.6 Å². The monoisotopic (exact) mass is 522 g/mol. The van der Waals surface area contributed by atoms with Gasteiger partial charge >= 0.3 is 17.9 Å². The molecule has 1 aromatic rings. The fraction of sp³-hybridized carbons (Fsp3) is 0.435. The highest BCUT2D eigenvalue weighted by Gasteiger charge is 2.52. The van der Waals surface area contributed by atoms with Crippen LogP contribution in [0.4, 0.5) is 0 Å². The van der Waals surface area contributed by atoms with Crippen LogP contribution in [0.25, 0.3) is 0 Å². The largest absolute Gasteiger partial charge is 0.455 e. The third-order valence-electron chi connectivity index (χ3n) is 4.74. The van der Waals surface area contributed by atoms with E-state index in [4.69, 9.17) is 19.9 Å². The van der Waals surface area contributed by atoms with Gasteiger partial charge in [0.15, 0.2) is 11.5 Å². The minimum atomic E-state index is -0.773. The normalized spacial score (nSPS) is 19.5. The summed E-state index contributed by atoms with van der Waals surface area (Å²) < 4.78 is 15.6. The Bertz CT molecular complexity index is 1130. The van der Waals surface area contributed by atoms with Crippen molar-refractivity contribution in [1.82, 2.24) is 4.90 Å². The van der Waals surface area contributed by atoms with Gasteiger partial charge in [0.25, 0.3) is 0 Å². The molecule has 0 aliphatic carbocycles. The molecule has 2 heterocycles. The first-order valence-electron chi connectivity index (χ1n) is 10.6. The molecule has 10 nitrogen and oxygen atoms in total. The molecule has 0 radical (unpaired) electrons. The summed E-state index contributed by atoms with van der Waals surface area (Å²) in [7, 11) is 0. The van der Waals surface area contributed by atoms with Crippen LogP contribution in [-0.4, -0.2) is 62.4 Å². The minimum Gasteiger partial charge on any atom is -0.455 e. The summed E-state index contributed by atoms with van der Waals surface area (Å²) in [5, 5.41) is -0.725. The summed E-state index contributed by atoms with van der Waals surface area (Å²) in [4.78, 5) is 62.3. The molecule has 0 spiro atoms. The standard InChI is InChI=1S/C23H26N2O8S2/c1-11(26)31-15-7-6-13(8-16(15)32-12(2)27)22(30)35-10-14-9-34-20-17(24)19(28)25(20)18(14)21(29)33-23(3,4)5/h6-8,17,20H,9-10,24H2,1-5H3/t17-,20-/m1/s1.